The Morgan fingerprint density at radius 2 is 2.08 bits per heavy atom. The summed E-state index contributed by atoms with van der Waals surface area (Å²) in [6.45, 7) is 2.14. The highest BCUT2D eigenvalue weighted by molar-refractivity contribution is 5.68. The minimum atomic E-state index is -0.193. The van der Waals surface area contributed by atoms with E-state index < -0.39 is 0 Å². The Hall–Kier alpha value is -2.18. The third kappa shape index (κ3) is 2.83. The molecule has 1 aromatic carbocycles. The molecule has 0 saturated carbocycles. The normalized spacial score (nSPS) is 20.8. The monoisotopic (exact) mass is 326 g/mol. The maximum absolute atomic E-state index is 9.67. The van der Waals surface area contributed by atoms with Crippen molar-refractivity contribution in [2.75, 3.05) is 24.5 Å². The molecule has 1 aromatic heterocycles. The van der Waals surface area contributed by atoms with Crippen LogP contribution in [0.1, 0.15) is 18.4 Å². The van der Waals surface area contributed by atoms with Gasteiger partial charge in [0.2, 0.25) is 0 Å². The fraction of sp³-hybridized carbons (Fsp3) is 0.444. The van der Waals surface area contributed by atoms with Gasteiger partial charge in [-0.3, -0.25) is 0 Å². The Morgan fingerprint density at radius 3 is 2.88 bits per heavy atom. The van der Waals surface area contributed by atoms with E-state index in [1.54, 1.807) is 6.20 Å². The van der Waals surface area contributed by atoms with Crippen LogP contribution in [-0.4, -0.2) is 46.9 Å². The summed E-state index contributed by atoms with van der Waals surface area (Å²) >= 11 is 0. The number of fused-ring (bicyclic) bond motifs is 1. The SMILES string of the molecule is NC[C@H]1Cc2cccc(-c3nccc(N4CCC(O)CC4)n3)c2O1. The molecule has 24 heavy (non-hydrogen) atoms. The molecular weight excluding hydrogens is 304 g/mol. The number of para-hydroxylation sites is 1. The van der Waals surface area contributed by atoms with Crippen LogP contribution in [-0.2, 0) is 6.42 Å². The smallest absolute Gasteiger partial charge is 0.165 e. The fourth-order valence-corrected chi connectivity index (χ4v) is 3.40. The van der Waals surface area contributed by atoms with E-state index in [9.17, 15) is 5.11 Å². The molecule has 2 aliphatic heterocycles. The summed E-state index contributed by atoms with van der Waals surface area (Å²) in [5.41, 5.74) is 7.84. The lowest BCUT2D eigenvalue weighted by molar-refractivity contribution is 0.145. The van der Waals surface area contributed by atoms with Crippen molar-refractivity contribution in [3.63, 3.8) is 0 Å². The van der Waals surface area contributed by atoms with E-state index >= 15 is 0 Å². The predicted octanol–water partition coefficient (Wildman–Crippen LogP) is 1.37. The first kappa shape index (κ1) is 15.4. The van der Waals surface area contributed by atoms with Crippen molar-refractivity contribution in [2.24, 2.45) is 5.73 Å². The first-order chi connectivity index (χ1) is 11.7. The first-order valence-electron chi connectivity index (χ1n) is 8.49. The summed E-state index contributed by atoms with van der Waals surface area (Å²) in [5.74, 6) is 2.44. The predicted molar refractivity (Wildman–Crippen MR) is 92.1 cm³/mol. The molecule has 0 unspecified atom stereocenters. The molecule has 0 aliphatic carbocycles. The van der Waals surface area contributed by atoms with Crippen molar-refractivity contribution < 1.29 is 9.84 Å². The number of hydrogen-bond donors (Lipinski definition) is 2. The topological polar surface area (TPSA) is 84.5 Å². The number of benzene rings is 1. The van der Waals surface area contributed by atoms with Crippen LogP contribution < -0.4 is 15.4 Å². The van der Waals surface area contributed by atoms with Crippen LogP contribution in [0.3, 0.4) is 0 Å². The van der Waals surface area contributed by atoms with Gasteiger partial charge in [-0.2, -0.15) is 0 Å². The number of nitrogens with two attached hydrogens (primary N) is 1. The average molecular weight is 326 g/mol. The zero-order chi connectivity index (χ0) is 16.5. The molecule has 4 rings (SSSR count). The molecule has 2 aliphatic rings. The third-order valence-corrected chi connectivity index (χ3v) is 4.76. The number of aliphatic hydroxyl groups is 1. The van der Waals surface area contributed by atoms with Gasteiger partial charge < -0.3 is 20.5 Å². The molecule has 3 heterocycles. The standard InChI is InChI=1S/C18H22N4O2/c19-11-14-10-12-2-1-3-15(17(12)24-14)18-20-7-4-16(21-18)22-8-5-13(23)6-9-22/h1-4,7,13-14,23H,5-6,8-11,19H2/t14-/m1/s1. The van der Waals surface area contributed by atoms with Crippen molar-refractivity contribution in [2.45, 2.75) is 31.5 Å². The summed E-state index contributed by atoms with van der Waals surface area (Å²) in [4.78, 5) is 11.4. The zero-order valence-corrected chi connectivity index (χ0v) is 13.6. The van der Waals surface area contributed by atoms with Gasteiger partial charge in [-0.1, -0.05) is 12.1 Å². The van der Waals surface area contributed by atoms with Gasteiger partial charge in [0.05, 0.1) is 11.7 Å². The van der Waals surface area contributed by atoms with E-state index in [4.69, 9.17) is 15.5 Å². The molecule has 0 bridgehead atoms. The molecule has 2 aromatic rings. The average Bonchev–Trinajstić information content (AvgIpc) is 3.06. The Bertz CT molecular complexity index is 729. The molecule has 6 nitrogen and oxygen atoms in total. The van der Waals surface area contributed by atoms with Crippen molar-refractivity contribution >= 4 is 5.82 Å². The van der Waals surface area contributed by atoms with Gasteiger partial charge in [-0.25, -0.2) is 9.97 Å². The maximum atomic E-state index is 9.67. The molecule has 3 N–H and O–H groups in total. The lowest BCUT2D eigenvalue weighted by Crippen LogP contribution is -2.36. The highest BCUT2D eigenvalue weighted by Gasteiger charge is 2.26. The Balaban J connectivity index is 1.64. The molecule has 1 fully saturated rings. The molecule has 6 heteroatoms. The number of anilines is 1. The fourth-order valence-electron chi connectivity index (χ4n) is 3.40. The van der Waals surface area contributed by atoms with Crippen molar-refractivity contribution in [3.05, 3.63) is 36.0 Å². The zero-order valence-electron chi connectivity index (χ0n) is 13.6. The number of aliphatic hydroxyl groups excluding tert-OH is 1. The van der Waals surface area contributed by atoms with E-state index in [2.05, 4.69) is 16.0 Å². The van der Waals surface area contributed by atoms with Crippen LogP contribution >= 0.6 is 0 Å². The second kappa shape index (κ2) is 6.37. The molecule has 1 atom stereocenters. The second-order valence-electron chi connectivity index (χ2n) is 6.43. The Morgan fingerprint density at radius 1 is 1.25 bits per heavy atom. The number of piperidine rings is 1. The summed E-state index contributed by atoms with van der Waals surface area (Å²) in [7, 11) is 0. The van der Waals surface area contributed by atoms with E-state index in [0.29, 0.717) is 12.4 Å². The number of aromatic nitrogens is 2. The van der Waals surface area contributed by atoms with Crippen molar-refractivity contribution in [1.82, 2.24) is 9.97 Å². The van der Waals surface area contributed by atoms with Gasteiger partial charge in [0.25, 0.3) is 0 Å². The van der Waals surface area contributed by atoms with Gasteiger partial charge in [-0.15, -0.1) is 0 Å². The summed E-state index contributed by atoms with van der Waals surface area (Å²) in [5, 5.41) is 9.67. The minimum Gasteiger partial charge on any atom is -0.488 e. The maximum Gasteiger partial charge on any atom is 0.165 e. The Kier molecular flexibility index (Phi) is 4.08. The third-order valence-electron chi connectivity index (χ3n) is 4.76. The second-order valence-corrected chi connectivity index (χ2v) is 6.43. The van der Waals surface area contributed by atoms with E-state index in [1.165, 1.54) is 0 Å². The molecule has 0 amide bonds. The molecular formula is C18H22N4O2. The highest BCUT2D eigenvalue weighted by atomic mass is 16.5. The molecule has 1 saturated heterocycles. The lowest BCUT2D eigenvalue weighted by Gasteiger charge is -2.30. The van der Waals surface area contributed by atoms with Crippen LogP contribution in [0.15, 0.2) is 30.5 Å². The van der Waals surface area contributed by atoms with Gasteiger partial charge >= 0.3 is 0 Å². The van der Waals surface area contributed by atoms with Crippen LogP contribution in [0.5, 0.6) is 5.75 Å². The van der Waals surface area contributed by atoms with Gasteiger partial charge in [0.15, 0.2) is 5.82 Å². The summed E-state index contributed by atoms with van der Waals surface area (Å²) in [6, 6.07) is 8.01. The quantitative estimate of drug-likeness (QED) is 0.886. The Labute approximate surface area is 141 Å². The number of rotatable bonds is 3. The van der Waals surface area contributed by atoms with E-state index in [0.717, 1.165) is 55.0 Å². The highest BCUT2D eigenvalue weighted by Crippen LogP contribution is 2.37. The van der Waals surface area contributed by atoms with Crippen LogP contribution in [0.2, 0.25) is 0 Å². The van der Waals surface area contributed by atoms with Crippen LogP contribution in [0, 0.1) is 0 Å². The minimum absolute atomic E-state index is 0.0351. The number of nitrogens with zero attached hydrogens (tertiary/aromatic N) is 3. The lowest BCUT2D eigenvalue weighted by atomic mass is 10.1. The summed E-state index contributed by atoms with van der Waals surface area (Å²) < 4.78 is 5.99. The first-order valence-corrected chi connectivity index (χ1v) is 8.49. The summed E-state index contributed by atoms with van der Waals surface area (Å²) in [6.07, 6.45) is 4.03. The molecule has 0 radical (unpaired) electrons. The molecule has 126 valence electrons. The van der Waals surface area contributed by atoms with E-state index in [1.807, 2.05) is 18.2 Å². The largest absolute Gasteiger partial charge is 0.488 e. The van der Waals surface area contributed by atoms with E-state index in [-0.39, 0.29) is 12.2 Å². The molecule has 0 spiro atoms. The van der Waals surface area contributed by atoms with Crippen molar-refractivity contribution in [1.29, 1.82) is 0 Å². The number of hydrogen-bond acceptors (Lipinski definition) is 6. The van der Waals surface area contributed by atoms with Crippen LogP contribution in [0.25, 0.3) is 11.4 Å². The van der Waals surface area contributed by atoms with Gasteiger partial charge in [-0.05, 0) is 30.5 Å². The van der Waals surface area contributed by atoms with Gasteiger partial charge in [0.1, 0.15) is 17.7 Å². The number of ether oxygens (including phenoxy) is 1. The van der Waals surface area contributed by atoms with Crippen molar-refractivity contribution in [3.8, 4) is 17.1 Å². The van der Waals surface area contributed by atoms with Crippen LogP contribution in [0.4, 0.5) is 5.82 Å². The van der Waals surface area contributed by atoms with Gasteiger partial charge in [0, 0.05) is 32.3 Å².